The number of fused-ring (bicyclic) bond motifs is 1. The van der Waals surface area contributed by atoms with E-state index in [0.29, 0.717) is 28.1 Å². The second-order valence-corrected chi connectivity index (χ2v) is 4.40. The van der Waals surface area contributed by atoms with Crippen LogP contribution in [0.25, 0.3) is 11.2 Å². The van der Waals surface area contributed by atoms with Gasteiger partial charge in [0.25, 0.3) is 10.1 Å². The van der Waals surface area contributed by atoms with Gasteiger partial charge >= 0.3 is 0 Å². The highest BCUT2D eigenvalue weighted by molar-refractivity contribution is 7.98. The van der Waals surface area contributed by atoms with Crippen molar-refractivity contribution in [2.24, 2.45) is 0 Å². The molecule has 0 amide bonds. The van der Waals surface area contributed by atoms with E-state index in [9.17, 15) is 0 Å². The summed E-state index contributed by atoms with van der Waals surface area (Å²) in [7, 11) is 0. The number of thioether (sulfide) groups is 1. The topological polar surface area (TPSA) is 80.7 Å². The van der Waals surface area contributed by atoms with E-state index >= 15 is 0 Å². The van der Waals surface area contributed by atoms with Crippen molar-refractivity contribution in [3.8, 4) is 0 Å². The predicted octanol–water partition coefficient (Wildman–Crippen LogP) is 2.56. The van der Waals surface area contributed by atoms with Crippen LogP contribution in [0.2, 0.25) is 0 Å². The van der Waals surface area contributed by atoms with Gasteiger partial charge in [-0.15, -0.1) is 5.10 Å². The minimum Gasteiger partial charge on any atom is -0.430 e. The van der Waals surface area contributed by atoms with Crippen LogP contribution in [0.5, 0.6) is 0 Å². The van der Waals surface area contributed by atoms with E-state index in [4.69, 9.17) is 21.1 Å². The van der Waals surface area contributed by atoms with E-state index < -0.39 is 0 Å². The van der Waals surface area contributed by atoms with E-state index in [2.05, 4.69) is 20.2 Å². The molecule has 0 atom stereocenters. The monoisotopic (exact) mass is 266 g/mol. The van der Waals surface area contributed by atoms with Gasteiger partial charge in [-0.05, 0) is 24.4 Å². The number of pyridine rings is 1. The van der Waals surface area contributed by atoms with E-state index in [1.807, 2.05) is 6.07 Å². The fraction of sp³-hybridized carbons (Fsp3) is 0.111. The molecule has 3 aromatic heterocycles. The molecule has 0 radical (unpaired) electrons. The Morgan fingerprint density at radius 2 is 2.35 bits per heavy atom. The highest BCUT2D eigenvalue weighted by Crippen LogP contribution is 2.24. The van der Waals surface area contributed by atoms with Gasteiger partial charge in [0, 0.05) is 6.20 Å². The van der Waals surface area contributed by atoms with E-state index in [1.54, 1.807) is 12.3 Å². The minimum atomic E-state index is 0.264. The molecule has 0 spiro atoms. The van der Waals surface area contributed by atoms with Gasteiger partial charge in [-0.1, -0.05) is 11.8 Å². The smallest absolute Gasteiger partial charge is 0.284 e. The molecule has 1 N–H and O–H groups in total. The summed E-state index contributed by atoms with van der Waals surface area (Å²) in [6.07, 6.45) is 1.67. The summed E-state index contributed by atoms with van der Waals surface area (Å²) in [5.74, 6) is 1.01. The second-order valence-electron chi connectivity index (χ2n) is 3.10. The number of oxazole rings is 1. The lowest BCUT2D eigenvalue weighted by atomic mass is 10.5. The van der Waals surface area contributed by atoms with Crippen LogP contribution in [0.15, 0.2) is 32.4 Å². The number of H-pyrrole nitrogens is 1. The average molecular weight is 266 g/mol. The molecule has 0 fully saturated rings. The molecule has 3 heterocycles. The lowest BCUT2D eigenvalue weighted by Crippen LogP contribution is -1.80. The molecule has 8 heteroatoms. The first-order valence-corrected chi connectivity index (χ1v) is 6.09. The van der Waals surface area contributed by atoms with Crippen molar-refractivity contribution in [3.63, 3.8) is 0 Å². The largest absolute Gasteiger partial charge is 0.430 e. The molecule has 3 rings (SSSR count). The summed E-state index contributed by atoms with van der Waals surface area (Å²) >= 11 is 6.15. The summed E-state index contributed by atoms with van der Waals surface area (Å²) in [5.41, 5.74) is 1.26. The van der Waals surface area contributed by atoms with Crippen LogP contribution in [0.1, 0.15) is 5.89 Å². The Kier molecular flexibility index (Phi) is 2.65. The van der Waals surface area contributed by atoms with Gasteiger partial charge in [-0.2, -0.15) is 4.98 Å². The number of rotatable bonds is 3. The summed E-state index contributed by atoms with van der Waals surface area (Å²) in [6.45, 7) is 0. The summed E-state index contributed by atoms with van der Waals surface area (Å²) in [6, 6.07) is 3.62. The Morgan fingerprint density at radius 1 is 1.41 bits per heavy atom. The number of aromatic amines is 1. The van der Waals surface area contributed by atoms with Crippen LogP contribution in [0, 0.1) is 4.84 Å². The molecular formula is C9H6N4O2S2. The fourth-order valence-corrected chi connectivity index (χ4v) is 2.07. The third kappa shape index (κ3) is 2.22. The average Bonchev–Trinajstić information content (AvgIpc) is 2.91. The first kappa shape index (κ1) is 10.5. The Bertz CT molecular complexity index is 669. The van der Waals surface area contributed by atoms with Crippen LogP contribution >= 0.6 is 24.0 Å². The van der Waals surface area contributed by atoms with E-state index in [0.717, 1.165) is 0 Å². The first-order valence-electron chi connectivity index (χ1n) is 4.70. The summed E-state index contributed by atoms with van der Waals surface area (Å²) in [4.78, 5) is 8.56. The van der Waals surface area contributed by atoms with Gasteiger partial charge < -0.3 is 8.83 Å². The zero-order valence-corrected chi connectivity index (χ0v) is 10.0. The molecule has 0 aliphatic rings. The molecule has 0 aliphatic heterocycles. The number of hydrogen-bond acceptors (Lipinski definition) is 7. The number of aromatic nitrogens is 4. The second kappa shape index (κ2) is 4.30. The molecule has 17 heavy (non-hydrogen) atoms. The Morgan fingerprint density at radius 3 is 3.12 bits per heavy atom. The SMILES string of the molecule is S=c1[nH]nc(CSc2nc3ncccc3o2)o1. The zero-order chi connectivity index (χ0) is 11.7. The molecule has 0 saturated carbocycles. The fourth-order valence-electron chi connectivity index (χ4n) is 1.26. The van der Waals surface area contributed by atoms with Crippen molar-refractivity contribution in [1.82, 2.24) is 20.2 Å². The highest BCUT2D eigenvalue weighted by atomic mass is 32.2. The quantitative estimate of drug-likeness (QED) is 0.576. The molecule has 0 aliphatic carbocycles. The Balaban J connectivity index is 1.78. The predicted molar refractivity (Wildman–Crippen MR) is 63.1 cm³/mol. The molecular weight excluding hydrogens is 260 g/mol. The molecule has 0 saturated heterocycles. The van der Waals surface area contributed by atoms with E-state index in [1.165, 1.54) is 11.8 Å². The van der Waals surface area contributed by atoms with E-state index in [-0.39, 0.29) is 4.84 Å². The van der Waals surface area contributed by atoms with Gasteiger partial charge in [0.05, 0.1) is 5.75 Å². The lowest BCUT2D eigenvalue weighted by Gasteiger charge is -1.89. The molecule has 0 unspecified atom stereocenters. The summed E-state index contributed by atoms with van der Waals surface area (Å²) in [5, 5.41) is 6.97. The van der Waals surface area contributed by atoms with Crippen molar-refractivity contribution >= 4 is 35.2 Å². The zero-order valence-electron chi connectivity index (χ0n) is 8.41. The van der Waals surface area contributed by atoms with Crippen molar-refractivity contribution < 1.29 is 8.83 Å². The Hall–Kier alpha value is -1.67. The third-order valence-corrected chi connectivity index (χ3v) is 2.93. The lowest BCUT2D eigenvalue weighted by molar-refractivity contribution is 0.483. The van der Waals surface area contributed by atoms with Crippen molar-refractivity contribution in [3.05, 3.63) is 29.1 Å². The maximum Gasteiger partial charge on any atom is 0.284 e. The van der Waals surface area contributed by atoms with Gasteiger partial charge in [-0.25, -0.2) is 10.1 Å². The van der Waals surface area contributed by atoms with Crippen LogP contribution in [0.4, 0.5) is 0 Å². The van der Waals surface area contributed by atoms with Gasteiger partial charge in [0.1, 0.15) is 0 Å². The van der Waals surface area contributed by atoms with Crippen molar-refractivity contribution in [2.75, 3.05) is 0 Å². The van der Waals surface area contributed by atoms with Gasteiger partial charge in [-0.3, -0.25) is 0 Å². The molecule has 0 aromatic carbocycles. The van der Waals surface area contributed by atoms with Gasteiger partial charge in [0.15, 0.2) is 11.2 Å². The van der Waals surface area contributed by atoms with Crippen LogP contribution in [-0.4, -0.2) is 20.2 Å². The Labute approximate surface area is 104 Å². The van der Waals surface area contributed by atoms with Crippen molar-refractivity contribution in [2.45, 2.75) is 11.0 Å². The standard InChI is InChI=1S/C9H6N4O2S2/c16-8-13-12-6(15-8)4-17-9-11-7-5(14-9)2-1-3-10-7/h1-3H,4H2,(H,13,16). The maximum absolute atomic E-state index is 5.48. The normalized spacial score (nSPS) is 11.1. The molecule has 3 aromatic rings. The summed E-state index contributed by atoms with van der Waals surface area (Å²) < 4.78 is 10.6. The number of hydrogen-bond donors (Lipinski definition) is 1. The third-order valence-electron chi connectivity index (χ3n) is 1.95. The molecule has 6 nitrogen and oxygen atoms in total. The van der Waals surface area contributed by atoms with Gasteiger partial charge in [0.2, 0.25) is 5.89 Å². The molecule has 86 valence electrons. The molecule has 0 bridgehead atoms. The minimum absolute atomic E-state index is 0.264. The van der Waals surface area contributed by atoms with Crippen LogP contribution < -0.4 is 0 Å². The number of nitrogens with zero attached hydrogens (tertiary/aromatic N) is 3. The van der Waals surface area contributed by atoms with Crippen molar-refractivity contribution in [1.29, 1.82) is 0 Å². The number of nitrogens with one attached hydrogen (secondary N) is 1. The van der Waals surface area contributed by atoms with Crippen LogP contribution in [0.3, 0.4) is 0 Å². The first-order chi connectivity index (χ1) is 8.31. The van der Waals surface area contributed by atoms with Crippen LogP contribution in [-0.2, 0) is 5.75 Å². The maximum atomic E-state index is 5.48. The highest BCUT2D eigenvalue weighted by Gasteiger charge is 2.08.